The van der Waals surface area contributed by atoms with Gasteiger partial charge in [-0.25, -0.2) is 8.42 Å². The summed E-state index contributed by atoms with van der Waals surface area (Å²) in [6.07, 6.45) is 1.98. The van der Waals surface area contributed by atoms with Crippen LogP contribution in [0.15, 0.2) is 45.8 Å². The molecule has 0 spiro atoms. The number of ether oxygens (including phenoxy) is 1. The van der Waals surface area contributed by atoms with Crippen molar-refractivity contribution < 1.29 is 17.6 Å². The van der Waals surface area contributed by atoms with Gasteiger partial charge in [-0.15, -0.1) is 10.2 Å². The number of H-pyrrole nitrogens is 1. The molecule has 2 aromatic heterocycles. The van der Waals surface area contributed by atoms with Gasteiger partial charge >= 0.3 is 0 Å². The van der Waals surface area contributed by atoms with Crippen molar-refractivity contribution in [1.82, 2.24) is 15.2 Å². The number of anilines is 1. The summed E-state index contributed by atoms with van der Waals surface area (Å²) in [5.41, 5.74) is 0.844. The number of aromatic nitrogens is 3. The number of hydrogen-bond donors (Lipinski definition) is 2. The third-order valence-corrected chi connectivity index (χ3v) is 4.65. The number of hydrogen-bond acceptors (Lipinski definition) is 6. The first-order chi connectivity index (χ1) is 11.5. The second-order valence-electron chi connectivity index (χ2n) is 4.94. The van der Waals surface area contributed by atoms with Gasteiger partial charge in [0.05, 0.1) is 12.8 Å². The van der Waals surface area contributed by atoms with Gasteiger partial charge in [0.25, 0.3) is 15.9 Å². The highest BCUT2D eigenvalue weighted by Gasteiger charge is 2.19. The fraction of sp³-hybridized carbons (Fsp3) is 0.200. The Kier molecular flexibility index (Phi) is 4.26. The number of methoxy groups -OCH3 is 1. The second-order valence-corrected chi connectivity index (χ2v) is 6.62. The van der Waals surface area contributed by atoms with Gasteiger partial charge in [-0.1, -0.05) is 13.0 Å². The average molecular weight is 348 g/mol. The molecule has 24 heavy (non-hydrogen) atoms. The van der Waals surface area contributed by atoms with Gasteiger partial charge in [-0.05, 0) is 18.2 Å². The Morgan fingerprint density at radius 1 is 1.29 bits per heavy atom. The quantitative estimate of drug-likeness (QED) is 0.708. The molecule has 1 aromatic carbocycles. The maximum atomic E-state index is 12.5. The SMILES string of the molecule is CCc1nnc(-c2cc(S(=O)(=O)Nc3cccc(OC)c3)c[nH]2)o1. The molecule has 2 N–H and O–H groups in total. The highest BCUT2D eigenvalue weighted by Crippen LogP contribution is 2.24. The highest BCUT2D eigenvalue weighted by atomic mass is 32.2. The zero-order chi connectivity index (χ0) is 17.2. The van der Waals surface area contributed by atoms with Crippen molar-refractivity contribution in [2.75, 3.05) is 11.8 Å². The van der Waals surface area contributed by atoms with Crippen LogP contribution in [-0.4, -0.2) is 30.7 Å². The van der Waals surface area contributed by atoms with Crippen LogP contribution in [-0.2, 0) is 16.4 Å². The standard InChI is InChI=1S/C15H16N4O4S/c1-3-14-17-18-15(23-14)13-8-12(9-16-13)24(20,21)19-10-5-4-6-11(7-10)22-2/h4-9,16,19H,3H2,1-2H3. The molecule has 0 saturated heterocycles. The number of sulfonamides is 1. The molecule has 3 aromatic rings. The van der Waals surface area contributed by atoms with Crippen LogP contribution in [0.5, 0.6) is 5.75 Å². The second kappa shape index (κ2) is 6.36. The normalized spacial score (nSPS) is 11.4. The van der Waals surface area contributed by atoms with Gasteiger partial charge in [0.2, 0.25) is 5.89 Å². The number of nitrogens with one attached hydrogen (secondary N) is 2. The molecular formula is C15H16N4O4S. The zero-order valence-corrected chi connectivity index (χ0v) is 13.9. The number of aromatic amines is 1. The third kappa shape index (κ3) is 3.25. The van der Waals surface area contributed by atoms with Gasteiger partial charge in [-0.3, -0.25) is 4.72 Å². The molecule has 0 fully saturated rings. The summed E-state index contributed by atoms with van der Waals surface area (Å²) < 4.78 is 37.9. The molecule has 3 rings (SSSR count). The number of aryl methyl sites for hydroxylation is 1. The molecule has 8 nitrogen and oxygen atoms in total. The van der Waals surface area contributed by atoms with E-state index in [1.54, 1.807) is 24.3 Å². The summed E-state index contributed by atoms with van der Waals surface area (Å²) in [7, 11) is -2.24. The summed E-state index contributed by atoms with van der Waals surface area (Å²) >= 11 is 0. The van der Waals surface area contributed by atoms with E-state index in [1.807, 2.05) is 6.92 Å². The smallest absolute Gasteiger partial charge is 0.264 e. The van der Waals surface area contributed by atoms with Crippen molar-refractivity contribution in [1.29, 1.82) is 0 Å². The Morgan fingerprint density at radius 2 is 2.12 bits per heavy atom. The predicted molar refractivity (Wildman–Crippen MR) is 87.3 cm³/mol. The first-order valence-electron chi connectivity index (χ1n) is 7.20. The molecule has 0 atom stereocenters. The molecule has 9 heteroatoms. The van der Waals surface area contributed by atoms with Gasteiger partial charge in [0, 0.05) is 18.7 Å². The molecule has 0 bridgehead atoms. The van der Waals surface area contributed by atoms with Gasteiger partial charge in [0.15, 0.2) is 0 Å². The lowest BCUT2D eigenvalue weighted by atomic mass is 10.3. The lowest BCUT2D eigenvalue weighted by molar-refractivity contribution is 0.415. The Balaban J connectivity index is 1.84. The van der Waals surface area contributed by atoms with Crippen LogP contribution in [0.3, 0.4) is 0 Å². The van der Waals surface area contributed by atoms with Crippen LogP contribution in [0.2, 0.25) is 0 Å². The molecular weight excluding hydrogens is 332 g/mol. The van der Waals surface area contributed by atoms with E-state index in [2.05, 4.69) is 19.9 Å². The summed E-state index contributed by atoms with van der Waals surface area (Å²) in [5.74, 6) is 1.29. The Hall–Kier alpha value is -2.81. The molecule has 0 amide bonds. The molecule has 126 valence electrons. The lowest BCUT2D eigenvalue weighted by Crippen LogP contribution is -2.12. The fourth-order valence-electron chi connectivity index (χ4n) is 2.06. The minimum Gasteiger partial charge on any atom is -0.497 e. The van der Waals surface area contributed by atoms with E-state index in [4.69, 9.17) is 9.15 Å². The van der Waals surface area contributed by atoms with Crippen molar-refractivity contribution in [2.24, 2.45) is 0 Å². The number of benzene rings is 1. The van der Waals surface area contributed by atoms with Crippen LogP contribution in [0.25, 0.3) is 11.6 Å². The van der Waals surface area contributed by atoms with E-state index in [0.29, 0.717) is 29.4 Å². The summed E-state index contributed by atoms with van der Waals surface area (Å²) in [6, 6.07) is 8.10. The van der Waals surface area contributed by atoms with Crippen molar-refractivity contribution in [3.8, 4) is 17.3 Å². The van der Waals surface area contributed by atoms with E-state index in [0.717, 1.165) is 0 Å². The van der Waals surface area contributed by atoms with E-state index in [-0.39, 0.29) is 10.8 Å². The van der Waals surface area contributed by atoms with E-state index in [1.165, 1.54) is 19.4 Å². The van der Waals surface area contributed by atoms with Crippen LogP contribution >= 0.6 is 0 Å². The topological polar surface area (TPSA) is 110 Å². The summed E-state index contributed by atoms with van der Waals surface area (Å²) in [5, 5.41) is 7.73. The summed E-state index contributed by atoms with van der Waals surface area (Å²) in [6.45, 7) is 1.89. The lowest BCUT2D eigenvalue weighted by Gasteiger charge is -2.07. The van der Waals surface area contributed by atoms with Crippen LogP contribution in [0.1, 0.15) is 12.8 Å². The largest absolute Gasteiger partial charge is 0.497 e. The average Bonchev–Trinajstić information content (AvgIpc) is 3.23. The van der Waals surface area contributed by atoms with Crippen molar-refractivity contribution in [3.05, 3.63) is 42.4 Å². The molecule has 0 saturated carbocycles. The molecule has 0 aliphatic heterocycles. The molecule has 0 unspecified atom stereocenters. The van der Waals surface area contributed by atoms with Crippen molar-refractivity contribution in [3.63, 3.8) is 0 Å². The predicted octanol–water partition coefficient (Wildman–Crippen LogP) is 2.44. The maximum Gasteiger partial charge on any atom is 0.264 e. The van der Waals surface area contributed by atoms with Crippen LogP contribution < -0.4 is 9.46 Å². The zero-order valence-electron chi connectivity index (χ0n) is 13.1. The minimum absolute atomic E-state index is 0.0663. The Morgan fingerprint density at radius 3 is 2.83 bits per heavy atom. The molecule has 0 aliphatic rings. The number of rotatable bonds is 6. The highest BCUT2D eigenvalue weighted by molar-refractivity contribution is 7.92. The van der Waals surface area contributed by atoms with Crippen LogP contribution in [0.4, 0.5) is 5.69 Å². The van der Waals surface area contributed by atoms with Gasteiger partial charge in [0.1, 0.15) is 16.3 Å². The third-order valence-electron chi connectivity index (χ3n) is 3.29. The van der Waals surface area contributed by atoms with Gasteiger partial charge < -0.3 is 14.1 Å². The Labute approximate surface area is 138 Å². The molecule has 0 aliphatic carbocycles. The fourth-order valence-corrected chi connectivity index (χ4v) is 3.10. The minimum atomic E-state index is -3.75. The number of nitrogens with zero attached hydrogens (tertiary/aromatic N) is 2. The summed E-state index contributed by atoms with van der Waals surface area (Å²) in [4.78, 5) is 2.90. The first-order valence-corrected chi connectivity index (χ1v) is 8.68. The van der Waals surface area contributed by atoms with Crippen LogP contribution in [0, 0.1) is 0 Å². The first kappa shape index (κ1) is 16.1. The Bertz CT molecular complexity index is 946. The van der Waals surface area contributed by atoms with Crippen molar-refractivity contribution in [2.45, 2.75) is 18.2 Å². The maximum absolute atomic E-state index is 12.5. The monoisotopic (exact) mass is 348 g/mol. The molecule has 2 heterocycles. The molecule has 0 radical (unpaired) electrons. The van der Waals surface area contributed by atoms with E-state index < -0.39 is 10.0 Å². The van der Waals surface area contributed by atoms with Gasteiger partial charge in [-0.2, -0.15) is 0 Å². The van der Waals surface area contributed by atoms with E-state index >= 15 is 0 Å². The van der Waals surface area contributed by atoms with Crippen molar-refractivity contribution >= 4 is 15.7 Å². The van der Waals surface area contributed by atoms with E-state index in [9.17, 15) is 8.42 Å².